The Bertz CT molecular complexity index is 1500. The summed E-state index contributed by atoms with van der Waals surface area (Å²) in [6.45, 7) is 4.00. The first-order chi connectivity index (χ1) is 17.0. The number of halogens is 2. The van der Waals surface area contributed by atoms with Crippen LogP contribution in [0, 0.1) is 11.3 Å². The van der Waals surface area contributed by atoms with Gasteiger partial charge in [0.25, 0.3) is 0 Å². The van der Waals surface area contributed by atoms with Gasteiger partial charge in [0.05, 0.1) is 33.8 Å². The topological polar surface area (TPSA) is 143 Å². The van der Waals surface area contributed by atoms with Gasteiger partial charge in [0.1, 0.15) is 12.7 Å². The molecule has 0 saturated carbocycles. The lowest BCUT2D eigenvalue weighted by Crippen LogP contribution is -2.15. The van der Waals surface area contributed by atoms with Crippen molar-refractivity contribution in [2.45, 2.75) is 19.4 Å². The summed E-state index contributed by atoms with van der Waals surface area (Å²) in [4.78, 5) is 13.0. The maximum atomic E-state index is 11.4. The molecule has 0 bridgehead atoms. The Morgan fingerprint density at radius 2 is 2.08 bits per heavy atom. The van der Waals surface area contributed by atoms with Crippen LogP contribution in [0.1, 0.15) is 30.5 Å². The molecule has 3 rings (SSSR count). The van der Waals surface area contributed by atoms with Crippen LogP contribution in [-0.4, -0.2) is 43.3 Å². The second kappa shape index (κ2) is 11.1. The molecule has 188 valence electrons. The number of nitrogens with one attached hydrogen (secondary N) is 1. The number of nitrogens with zero attached hydrogens (tertiary/aromatic N) is 4. The first kappa shape index (κ1) is 27.2. The average Bonchev–Trinajstić information content (AvgIpc) is 2.82. The lowest BCUT2D eigenvalue weighted by atomic mass is 9.93. The van der Waals surface area contributed by atoms with Crippen molar-refractivity contribution in [1.29, 1.82) is 5.26 Å². The Balaban J connectivity index is 1.90. The molecule has 2 aromatic carbocycles. The zero-order valence-corrected chi connectivity index (χ0v) is 22.1. The Hall–Kier alpha value is -3.39. The summed E-state index contributed by atoms with van der Waals surface area (Å²) in [6, 6.07) is 10.9. The van der Waals surface area contributed by atoms with Crippen molar-refractivity contribution < 1.29 is 13.2 Å². The van der Waals surface area contributed by atoms with Gasteiger partial charge in [-0.15, -0.1) is 11.6 Å². The van der Waals surface area contributed by atoms with Gasteiger partial charge in [0.2, 0.25) is 16.0 Å². The summed E-state index contributed by atoms with van der Waals surface area (Å²) in [5, 5.41) is 10.6. The highest BCUT2D eigenvalue weighted by atomic mass is 35.5. The van der Waals surface area contributed by atoms with Crippen LogP contribution in [0.2, 0.25) is 5.02 Å². The molecule has 0 fully saturated rings. The van der Waals surface area contributed by atoms with Crippen LogP contribution in [0.15, 0.2) is 47.7 Å². The number of allylic oxidation sites excluding steroid dienone is 1. The van der Waals surface area contributed by atoms with Gasteiger partial charge in [0.15, 0.2) is 5.75 Å². The molecule has 0 aliphatic carbocycles. The van der Waals surface area contributed by atoms with E-state index in [2.05, 4.69) is 20.8 Å². The fraction of sp³-hybridized carbons (Fsp3) is 0.250. The number of benzene rings is 2. The van der Waals surface area contributed by atoms with Gasteiger partial charge in [-0.1, -0.05) is 17.7 Å². The minimum atomic E-state index is -3.49. The number of alkyl halides is 1. The predicted octanol–water partition coefficient (Wildman–Crippen LogP) is 4.45. The second-order valence-electron chi connectivity index (χ2n) is 8.26. The molecule has 1 aromatic heterocycles. The van der Waals surface area contributed by atoms with Crippen molar-refractivity contribution >= 4 is 61.9 Å². The van der Waals surface area contributed by atoms with Crippen molar-refractivity contribution in [2.75, 3.05) is 23.5 Å². The molecule has 1 heterocycles. The third kappa shape index (κ3) is 6.63. The van der Waals surface area contributed by atoms with Crippen LogP contribution in [-0.2, 0) is 15.6 Å². The van der Waals surface area contributed by atoms with Gasteiger partial charge in [-0.2, -0.15) is 5.26 Å². The number of rotatable bonds is 9. The van der Waals surface area contributed by atoms with Gasteiger partial charge >= 0.3 is 0 Å². The number of anilines is 1. The van der Waals surface area contributed by atoms with Crippen molar-refractivity contribution in [3.05, 3.63) is 64.4 Å². The van der Waals surface area contributed by atoms with E-state index in [1.54, 1.807) is 30.5 Å². The molecule has 0 aliphatic rings. The molecule has 9 nitrogen and oxygen atoms in total. The fourth-order valence-corrected chi connectivity index (χ4v) is 4.05. The number of nitriles is 1. The Labute approximate surface area is 219 Å². The van der Waals surface area contributed by atoms with Crippen molar-refractivity contribution in [2.24, 2.45) is 10.7 Å². The van der Waals surface area contributed by atoms with E-state index < -0.39 is 15.6 Å². The molecule has 3 aromatic rings. The van der Waals surface area contributed by atoms with E-state index in [0.717, 1.165) is 11.8 Å². The monoisotopic (exact) mass is 546 g/mol. The minimum absolute atomic E-state index is 0.00914. The molecule has 0 radical (unpaired) electrons. The number of aromatic nitrogens is 2. The summed E-state index contributed by atoms with van der Waals surface area (Å²) in [5.41, 5.74) is 8.11. The molecule has 12 heteroatoms. The predicted molar refractivity (Wildman–Crippen MR) is 144 cm³/mol. The van der Waals surface area contributed by atoms with Gasteiger partial charge in [-0.3, -0.25) is 9.71 Å². The number of nitrogens with two attached hydrogens (primary N) is 1. The highest BCUT2D eigenvalue weighted by Gasteiger charge is 2.23. The van der Waals surface area contributed by atoms with E-state index in [9.17, 15) is 13.7 Å². The van der Waals surface area contributed by atoms with Crippen LogP contribution in [0.4, 0.5) is 5.95 Å². The highest BCUT2D eigenvalue weighted by Crippen LogP contribution is 2.35. The van der Waals surface area contributed by atoms with Crippen LogP contribution in [0.3, 0.4) is 0 Å². The number of hydrogen-bond donors (Lipinski definition) is 2. The smallest absolute Gasteiger partial charge is 0.237 e. The number of fused-ring (bicyclic) bond motifs is 1. The number of aliphatic imine (C=N–C) groups is 1. The summed E-state index contributed by atoms with van der Waals surface area (Å²) in [6.07, 6.45) is 5.62. The molecular formula is C24H24Cl2N6O3S. The van der Waals surface area contributed by atoms with Crippen molar-refractivity contribution in [3.63, 3.8) is 0 Å². The Morgan fingerprint density at radius 1 is 1.33 bits per heavy atom. The van der Waals surface area contributed by atoms with Crippen molar-refractivity contribution in [3.8, 4) is 11.8 Å². The first-order valence-corrected chi connectivity index (χ1v) is 13.4. The van der Waals surface area contributed by atoms with E-state index in [0.29, 0.717) is 38.4 Å². The largest absolute Gasteiger partial charge is 0.489 e. The van der Waals surface area contributed by atoms with Crippen LogP contribution >= 0.6 is 23.2 Å². The van der Waals surface area contributed by atoms with Crippen LogP contribution in [0.25, 0.3) is 16.5 Å². The summed E-state index contributed by atoms with van der Waals surface area (Å²) in [5.74, 6) is 0.552. The fourth-order valence-electron chi connectivity index (χ4n) is 3.26. The maximum absolute atomic E-state index is 11.4. The quantitative estimate of drug-likeness (QED) is 0.298. The third-order valence-electron chi connectivity index (χ3n) is 5.09. The first-order valence-electron chi connectivity index (χ1n) is 10.6. The van der Waals surface area contributed by atoms with E-state index in [4.69, 9.17) is 38.7 Å². The summed E-state index contributed by atoms with van der Waals surface area (Å²) >= 11 is 12.1. The normalized spacial score (nSPS) is 12.6. The Morgan fingerprint density at radius 3 is 2.72 bits per heavy atom. The van der Waals surface area contributed by atoms with Gasteiger partial charge in [-0.25, -0.2) is 18.4 Å². The lowest BCUT2D eigenvalue weighted by Gasteiger charge is -2.22. The Kier molecular flexibility index (Phi) is 8.40. The summed E-state index contributed by atoms with van der Waals surface area (Å²) < 4.78 is 30.6. The van der Waals surface area contributed by atoms with Crippen molar-refractivity contribution in [1.82, 2.24) is 9.97 Å². The average molecular weight is 547 g/mol. The van der Waals surface area contributed by atoms with E-state index in [-0.39, 0.29) is 18.4 Å². The molecule has 3 N–H and O–H groups in total. The molecule has 0 amide bonds. The molecule has 0 atom stereocenters. The van der Waals surface area contributed by atoms with E-state index in [1.165, 1.54) is 12.4 Å². The molecule has 0 spiro atoms. The van der Waals surface area contributed by atoms with Gasteiger partial charge in [-0.05, 0) is 49.2 Å². The molecular weight excluding hydrogens is 523 g/mol. The zero-order chi connectivity index (χ0) is 26.5. The molecule has 0 aliphatic heterocycles. The number of sulfonamides is 1. The highest BCUT2D eigenvalue weighted by molar-refractivity contribution is 7.91. The number of hydrogen-bond acceptors (Lipinski definition) is 8. The van der Waals surface area contributed by atoms with Gasteiger partial charge < -0.3 is 10.5 Å². The van der Waals surface area contributed by atoms with E-state index in [1.807, 2.05) is 19.9 Å². The zero-order valence-electron chi connectivity index (χ0n) is 19.8. The molecule has 0 saturated heterocycles. The summed E-state index contributed by atoms with van der Waals surface area (Å²) in [7, 11) is -3.49. The van der Waals surface area contributed by atoms with E-state index >= 15 is 0 Å². The van der Waals surface area contributed by atoms with Gasteiger partial charge in [0, 0.05) is 29.6 Å². The SMILES string of the molecule is CC(C)(N=CC(=CN)c1ccc2nc(NS(C)(=O)=O)ncc2c1)c1cc(Cl)c(OCCCl)c(C#N)c1. The van der Waals surface area contributed by atoms with Crippen LogP contribution < -0.4 is 15.2 Å². The number of ether oxygens (including phenoxy) is 1. The standard InChI is InChI=1S/C24H24Cl2N6O3S/c1-24(2,19-9-16(11-27)22(20(26)10-19)35-7-6-25)30-14-18(12-28)15-4-5-21-17(8-15)13-29-23(31-21)32-36(3,33)34/h4-5,8-10,12-14H,6-7,28H2,1-3H3,(H,29,31,32). The van der Waals surface area contributed by atoms with Crippen LogP contribution in [0.5, 0.6) is 5.75 Å². The lowest BCUT2D eigenvalue weighted by molar-refractivity contribution is 0.341. The maximum Gasteiger partial charge on any atom is 0.237 e. The third-order valence-corrected chi connectivity index (χ3v) is 6.08. The molecule has 0 unspecified atom stereocenters. The minimum Gasteiger partial charge on any atom is -0.489 e. The second-order valence-corrected chi connectivity index (χ2v) is 10.8. The molecule has 36 heavy (non-hydrogen) atoms.